The molecule has 1 saturated carbocycles. The number of carbonyl (C=O) groups excluding carboxylic acids is 1. The van der Waals surface area contributed by atoms with Crippen molar-refractivity contribution in [3.63, 3.8) is 0 Å². The second-order valence-corrected chi connectivity index (χ2v) is 4.58. The van der Waals surface area contributed by atoms with E-state index in [1.54, 1.807) is 0 Å². The standard InChI is InChI=1S/C13H22N2O/c1-3-7-10(4-2)15-13(16)11-8-5-6-9-12(11)14/h1,10-12H,4-9,14H2,2H3,(H,15,16). The maximum Gasteiger partial charge on any atom is 0.224 e. The Kier molecular flexibility index (Phi) is 5.34. The lowest BCUT2D eigenvalue weighted by Gasteiger charge is -2.29. The second-order valence-electron chi connectivity index (χ2n) is 4.58. The lowest BCUT2D eigenvalue weighted by atomic mass is 9.84. The predicted molar refractivity (Wildman–Crippen MR) is 65.6 cm³/mol. The first kappa shape index (κ1) is 13.1. The van der Waals surface area contributed by atoms with Crippen LogP contribution in [0.5, 0.6) is 0 Å². The Balaban J connectivity index is 2.46. The van der Waals surface area contributed by atoms with Gasteiger partial charge in [0.05, 0.1) is 5.92 Å². The van der Waals surface area contributed by atoms with Crippen molar-refractivity contribution < 1.29 is 4.79 Å². The van der Waals surface area contributed by atoms with Crippen molar-refractivity contribution in [2.45, 2.75) is 57.5 Å². The fourth-order valence-electron chi connectivity index (χ4n) is 2.23. The first-order chi connectivity index (χ1) is 7.69. The third-order valence-electron chi connectivity index (χ3n) is 3.36. The molecule has 3 nitrogen and oxygen atoms in total. The van der Waals surface area contributed by atoms with Crippen LogP contribution in [0.2, 0.25) is 0 Å². The normalized spacial score (nSPS) is 26.8. The van der Waals surface area contributed by atoms with Gasteiger partial charge in [-0.15, -0.1) is 12.3 Å². The van der Waals surface area contributed by atoms with E-state index in [1.165, 1.54) is 0 Å². The number of rotatable bonds is 4. The van der Waals surface area contributed by atoms with Crippen LogP contribution in [0.3, 0.4) is 0 Å². The molecule has 1 aliphatic rings. The molecule has 1 fully saturated rings. The van der Waals surface area contributed by atoms with Crippen LogP contribution < -0.4 is 11.1 Å². The highest BCUT2D eigenvalue weighted by Crippen LogP contribution is 2.23. The van der Waals surface area contributed by atoms with Crippen molar-refractivity contribution in [3.05, 3.63) is 0 Å². The minimum Gasteiger partial charge on any atom is -0.352 e. The molecule has 3 atom stereocenters. The lowest BCUT2D eigenvalue weighted by molar-refractivity contribution is -0.127. The van der Waals surface area contributed by atoms with E-state index in [9.17, 15) is 4.79 Å². The van der Waals surface area contributed by atoms with E-state index in [0.29, 0.717) is 6.42 Å². The first-order valence-electron chi connectivity index (χ1n) is 6.18. The van der Waals surface area contributed by atoms with E-state index in [2.05, 4.69) is 11.2 Å². The highest BCUT2D eigenvalue weighted by molar-refractivity contribution is 5.79. The lowest BCUT2D eigenvalue weighted by Crippen LogP contribution is -2.46. The average Bonchev–Trinajstić information content (AvgIpc) is 2.28. The third kappa shape index (κ3) is 3.53. The molecule has 0 bridgehead atoms. The Hall–Kier alpha value is -1.01. The SMILES string of the molecule is C#CCC(CC)NC(=O)C1CCCCC1N. The smallest absolute Gasteiger partial charge is 0.224 e. The molecule has 0 aromatic carbocycles. The van der Waals surface area contributed by atoms with Crippen LogP contribution in [0.4, 0.5) is 0 Å². The van der Waals surface area contributed by atoms with Crippen LogP contribution in [-0.4, -0.2) is 18.0 Å². The van der Waals surface area contributed by atoms with E-state index in [4.69, 9.17) is 12.2 Å². The summed E-state index contributed by atoms with van der Waals surface area (Å²) in [5.41, 5.74) is 5.97. The molecule has 16 heavy (non-hydrogen) atoms. The van der Waals surface area contributed by atoms with Gasteiger partial charge in [-0.05, 0) is 19.3 Å². The molecular weight excluding hydrogens is 200 g/mol. The van der Waals surface area contributed by atoms with Gasteiger partial charge in [-0.25, -0.2) is 0 Å². The quantitative estimate of drug-likeness (QED) is 0.707. The molecule has 3 unspecified atom stereocenters. The van der Waals surface area contributed by atoms with E-state index in [0.717, 1.165) is 32.1 Å². The molecule has 1 rings (SSSR count). The molecule has 3 heteroatoms. The summed E-state index contributed by atoms with van der Waals surface area (Å²) in [6, 6.07) is 0.128. The Morgan fingerprint density at radius 1 is 1.56 bits per heavy atom. The maximum absolute atomic E-state index is 12.0. The molecule has 3 N–H and O–H groups in total. The van der Waals surface area contributed by atoms with Crippen molar-refractivity contribution in [3.8, 4) is 12.3 Å². The maximum atomic E-state index is 12.0. The van der Waals surface area contributed by atoms with Crippen LogP contribution >= 0.6 is 0 Å². The van der Waals surface area contributed by atoms with Crippen LogP contribution in [-0.2, 0) is 4.79 Å². The molecule has 90 valence electrons. The number of hydrogen-bond acceptors (Lipinski definition) is 2. The molecular formula is C13H22N2O. The van der Waals surface area contributed by atoms with E-state index in [1.807, 2.05) is 6.92 Å². The summed E-state index contributed by atoms with van der Waals surface area (Å²) in [7, 11) is 0. The zero-order valence-electron chi connectivity index (χ0n) is 10.0. The van der Waals surface area contributed by atoms with Crippen molar-refractivity contribution in [2.24, 2.45) is 11.7 Å². The summed E-state index contributed by atoms with van der Waals surface area (Å²) in [6.45, 7) is 2.03. The highest BCUT2D eigenvalue weighted by Gasteiger charge is 2.28. The summed E-state index contributed by atoms with van der Waals surface area (Å²) >= 11 is 0. The zero-order valence-corrected chi connectivity index (χ0v) is 10.0. The molecule has 0 aromatic heterocycles. The largest absolute Gasteiger partial charge is 0.352 e. The van der Waals surface area contributed by atoms with Crippen LogP contribution in [0.25, 0.3) is 0 Å². The zero-order chi connectivity index (χ0) is 12.0. The summed E-state index contributed by atoms with van der Waals surface area (Å²) in [6.07, 6.45) is 10.9. The number of terminal acetylenes is 1. The van der Waals surface area contributed by atoms with Crippen molar-refractivity contribution in [1.29, 1.82) is 0 Å². The van der Waals surface area contributed by atoms with Gasteiger partial charge in [0.1, 0.15) is 0 Å². The number of nitrogens with one attached hydrogen (secondary N) is 1. The van der Waals surface area contributed by atoms with Crippen LogP contribution in [0, 0.1) is 18.3 Å². The predicted octanol–water partition coefficient (Wildman–Crippen LogP) is 1.42. The van der Waals surface area contributed by atoms with Gasteiger partial charge in [0.25, 0.3) is 0 Å². The van der Waals surface area contributed by atoms with Gasteiger partial charge < -0.3 is 11.1 Å². The summed E-state index contributed by atoms with van der Waals surface area (Å²) < 4.78 is 0. The number of hydrogen-bond donors (Lipinski definition) is 2. The Morgan fingerprint density at radius 3 is 2.81 bits per heavy atom. The number of amides is 1. The van der Waals surface area contributed by atoms with Gasteiger partial charge in [-0.1, -0.05) is 19.8 Å². The fourth-order valence-corrected chi connectivity index (χ4v) is 2.23. The van der Waals surface area contributed by atoms with E-state index >= 15 is 0 Å². The van der Waals surface area contributed by atoms with Gasteiger partial charge in [0, 0.05) is 18.5 Å². The molecule has 0 heterocycles. The van der Waals surface area contributed by atoms with E-state index in [-0.39, 0.29) is 23.9 Å². The molecule has 1 aliphatic carbocycles. The van der Waals surface area contributed by atoms with Gasteiger partial charge in [0.15, 0.2) is 0 Å². The van der Waals surface area contributed by atoms with Gasteiger partial charge >= 0.3 is 0 Å². The Morgan fingerprint density at radius 2 is 2.25 bits per heavy atom. The topological polar surface area (TPSA) is 55.1 Å². The summed E-state index contributed by atoms with van der Waals surface area (Å²) in [5.74, 6) is 2.67. The van der Waals surface area contributed by atoms with Crippen molar-refractivity contribution in [1.82, 2.24) is 5.32 Å². The van der Waals surface area contributed by atoms with Gasteiger partial charge in [-0.2, -0.15) is 0 Å². The minimum absolute atomic E-state index is 0.0134. The number of nitrogens with two attached hydrogens (primary N) is 1. The average molecular weight is 222 g/mol. The Bertz CT molecular complexity index is 270. The first-order valence-corrected chi connectivity index (χ1v) is 6.18. The highest BCUT2D eigenvalue weighted by atomic mass is 16.2. The van der Waals surface area contributed by atoms with Crippen molar-refractivity contribution in [2.75, 3.05) is 0 Å². The fraction of sp³-hybridized carbons (Fsp3) is 0.769. The molecule has 0 saturated heterocycles. The number of carbonyl (C=O) groups is 1. The third-order valence-corrected chi connectivity index (χ3v) is 3.36. The molecule has 0 radical (unpaired) electrons. The second kappa shape index (κ2) is 6.55. The Labute approximate surface area is 98.2 Å². The molecule has 0 aliphatic heterocycles. The van der Waals surface area contributed by atoms with E-state index < -0.39 is 0 Å². The van der Waals surface area contributed by atoms with Gasteiger partial charge in [-0.3, -0.25) is 4.79 Å². The van der Waals surface area contributed by atoms with Crippen molar-refractivity contribution >= 4 is 5.91 Å². The minimum atomic E-state index is -0.0134. The summed E-state index contributed by atoms with van der Waals surface area (Å²) in [5, 5.41) is 3.01. The summed E-state index contributed by atoms with van der Waals surface area (Å²) in [4.78, 5) is 12.0. The molecule has 1 amide bonds. The van der Waals surface area contributed by atoms with Gasteiger partial charge in [0.2, 0.25) is 5.91 Å². The van der Waals surface area contributed by atoms with Crippen LogP contribution in [0.15, 0.2) is 0 Å². The molecule has 0 spiro atoms. The van der Waals surface area contributed by atoms with Crippen LogP contribution in [0.1, 0.15) is 45.4 Å². The monoisotopic (exact) mass is 222 g/mol. The molecule has 0 aromatic rings.